The van der Waals surface area contributed by atoms with Crippen molar-refractivity contribution in [3.63, 3.8) is 0 Å². The summed E-state index contributed by atoms with van der Waals surface area (Å²) in [5.41, 5.74) is 0.361. The average Bonchev–Trinajstić information content (AvgIpc) is 3.16. The molecule has 0 saturated carbocycles. The number of benzene rings is 2. The monoisotopic (exact) mass is 368 g/mol. The first-order chi connectivity index (χ1) is 13.1. The van der Waals surface area contributed by atoms with Crippen LogP contribution in [0.3, 0.4) is 0 Å². The fraction of sp³-hybridized carbons (Fsp3) is 0.250. The maximum absolute atomic E-state index is 12.5. The van der Waals surface area contributed by atoms with Crippen molar-refractivity contribution in [2.75, 3.05) is 6.54 Å². The normalized spacial score (nSPS) is 17.2. The molecule has 1 aliphatic heterocycles. The molecule has 2 unspecified atom stereocenters. The van der Waals surface area contributed by atoms with Gasteiger partial charge in [-0.1, -0.05) is 36.4 Å². The first-order valence-corrected chi connectivity index (χ1v) is 8.68. The molecule has 7 nitrogen and oxygen atoms in total. The lowest BCUT2D eigenvalue weighted by Gasteiger charge is -2.29. The van der Waals surface area contributed by atoms with Gasteiger partial charge in [0.05, 0.1) is 6.04 Å². The van der Waals surface area contributed by atoms with E-state index in [0.717, 1.165) is 0 Å². The Labute approximate surface area is 156 Å². The zero-order chi connectivity index (χ0) is 19.2. The summed E-state index contributed by atoms with van der Waals surface area (Å²) in [7, 11) is 0. The molecule has 1 fully saturated rings. The van der Waals surface area contributed by atoms with E-state index >= 15 is 0 Å². The molecule has 7 heteroatoms. The fourth-order valence-electron chi connectivity index (χ4n) is 3.15. The van der Waals surface area contributed by atoms with Crippen LogP contribution in [0, 0.1) is 0 Å². The molecule has 0 aromatic heterocycles. The van der Waals surface area contributed by atoms with E-state index in [4.69, 9.17) is 4.74 Å². The predicted octanol–water partition coefficient (Wildman–Crippen LogP) is 2.53. The van der Waals surface area contributed by atoms with Gasteiger partial charge in [-0.15, -0.1) is 0 Å². The Hall–Kier alpha value is -3.35. The summed E-state index contributed by atoms with van der Waals surface area (Å²) in [6.45, 7) is 0.376. The molecule has 0 aliphatic carbocycles. The second-order valence-electron chi connectivity index (χ2n) is 6.24. The van der Waals surface area contributed by atoms with Crippen molar-refractivity contribution < 1.29 is 24.2 Å². The second kappa shape index (κ2) is 8.35. The molecule has 0 radical (unpaired) electrons. The molecule has 2 aromatic rings. The van der Waals surface area contributed by atoms with E-state index in [1.165, 1.54) is 4.90 Å². The summed E-state index contributed by atoms with van der Waals surface area (Å²) in [5, 5.41) is 12.2. The molecule has 140 valence electrons. The highest BCUT2D eigenvalue weighted by molar-refractivity contribution is 5.96. The summed E-state index contributed by atoms with van der Waals surface area (Å²) in [6, 6.07) is 15.1. The molecule has 1 heterocycles. The molecule has 2 amide bonds. The van der Waals surface area contributed by atoms with Gasteiger partial charge < -0.3 is 20.1 Å². The number of likely N-dealkylation sites (tertiary alicyclic amines) is 1. The minimum atomic E-state index is -1.22. The van der Waals surface area contributed by atoms with Crippen LogP contribution < -0.4 is 10.1 Å². The number of ether oxygens (including phenoxy) is 1. The van der Waals surface area contributed by atoms with Gasteiger partial charge >= 0.3 is 12.1 Å². The second-order valence-corrected chi connectivity index (χ2v) is 6.24. The Morgan fingerprint density at radius 3 is 2.30 bits per heavy atom. The van der Waals surface area contributed by atoms with Crippen molar-refractivity contribution in [2.45, 2.75) is 24.9 Å². The highest BCUT2D eigenvalue weighted by Gasteiger charge is 2.40. The van der Waals surface area contributed by atoms with Gasteiger partial charge in [0.25, 0.3) is 5.91 Å². The Balaban J connectivity index is 1.73. The molecule has 27 heavy (non-hydrogen) atoms. The number of carbonyl (C=O) groups excluding carboxylic acids is 2. The van der Waals surface area contributed by atoms with E-state index in [0.29, 0.717) is 30.7 Å². The fourth-order valence-corrected chi connectivity index (χ4v) is 3.15. The topological polar surface area (TPSA) is 95.9 Å². The standard InChI is InChI=1S/C20H20N2O5/c23-18(14-8-3-1-4-9-14)21-17(19(24)25)16-12-7-13-22(16)20(26)27-15-10-5-2-6-11-15/h1-6,8-11,16-17H,7,12-13H2,(H,21,23)(H,24,25). The van der Waals surface area contributed by atoms with Gasteiger partial charge in [-0.05, 0) is 37.1 Å². The van der Waals surface area contributed by atoms with E-state index in [2.05, 4.69) is 5.32 Å². The first-order valence-electron chi connectivity index (χ1n) is 8.68. The lowest BCUT2D eigenvalue weighted by atomic mass is 10.1. The third-order valence-corrected chi connectivity index (χ3v) is 4.46. The Morgan fingerprint density at radius 2 is 1.67 bits per heavy atom. The summed E-state index contributed by atoms with van der Waals surface area (Å²) >= 11 is 0. The number of amides is 2. The van der Waals surface area contributed by atoms with Gasteiger partial charge in [0.15, 0.2) is 0 Å². The van der Waals surface area contributed by atoms with Crippen LogP contribution in [0.4, 0.5) is 4.79 Å². The lowest BCUT2D eigenvalue weighted by Crippen LogP contribution is -2.55. The molecule has 2 atom stereocenters. The van der Waals surface area contributed by atoms with Crippen LogP contribution in [0.5, 0.6) is 5.75 Å². The van der Waals surface area contributed by atoms with Crippen LogP contribution in [0.1, 0.15) is 23.2 Å². The van der Waals surface area contributed by atoms with Crippen LogP contribution in [0.25, 0.3) is 0 Å². The third-order valence-electron chi connectivity index (χ3n) is 4.46. The van der Waals surface area contributed by atoms with E-state index in [1.54, 1.807) is 60.7 Å². The van der Waals surface area contributed by atoms with Crippen LogP contribution in [-0.2, 0) is 4.79 Å². The molecule has 1 saturated heterocycles. The summed E-state index contributed by atoms with van der Waals surface area (Å²) in [6.07, 6.45) is 0.485. The molecule has 2 aromatic carbocycles. The van der Waals surface area contributed by atoms with Crippen molar-refractivity contribution in [1.29, 1.82) is 0 Å². The number of hydrogen-bond donors (Lipinski definition) is 2. The maximum Gasteiger partial charge on any atom is 0.415 e. The smallest absolute Gasteiger partial charge is 0.415 e. The molecule has 0 spiro atoms. The van der Waals surface area contributed by atoms with Gasteiger partial charge in [-0.3, -0.25) is 4.79 Å². The van der Waals surface area contributed by atoms with Gasteiger partial charge in [0.2, 0.25) is 0 Å². The van der Waals surface area contributed by atoms with E-state index in [-0.39, 0.29) is 0 Å². The number of carbonyl (C=O) groups is 3. The first kappa shape index (κ1) is 18.4. The van der Waals surface area contributed by atoms with Crippen LogP contribution in [-0.4, -0.2) is 46.6 Å². The molecule has 3 rings (SSSR count). The van der Waals surface area contributed by atoms with Gasteiger partial charge in [-0.2, -0.15) is 0 Å². The number of aliphatic carboxylic acids is 1. The third kappa shape index (κ3) is 4.44. The van der Waals surface area contributed by atoms with Gasteiger partial charge in [-0.25, -0.2) is 9.59 Å². The summed E-state index contributed by atoms with van der Waals surface area (Å²) < 4.78 is 5.33. The number of rotatable bonds is 5. The molecular weight excluding hydrogens is 348 g/mol. The highest BCUT2D eigenvalue weighted by atomic mass is 16.6. The Kier molecular flexibility index (Phi) is 5.71. The van der Waals surface area contributed by atoms with E-state index in [9.17, 15) is 19.5 Å². The SMILES string of the molecule is O=C(NC(C(=O)O)C1CCCN1C(=O)Oc1ccccc1)c1ccccc1. The van der Waals surface area contributed by atoms with Gasteiger partial charge in [0, 0.05) is 12.1 Å². The number of carboxylic acids is 1. The average molecular weight is 368 g/mol. The van der Waals surface area contributed by atoms with Crippen molar-refractivity contribution >= 4 is 18.0 Å². The highest BCUT2D eigenvalue weighted by Crippen LogP contribution is 2.23. The molecular formula is C20H20N2O5. The Morgan fingerprint density at radius 1 is 1.04 bits per heavy atom. The number of nitrogens with zero attached hydrogens (tertiary/aromatic N) is 1. The number of nitrogens with one attached hydrogen (secondary N) is 1. The molecule has 1 aliphatic rings. The van der Waals surface area contributed by atoms with Crippen molar-refractivity contribution in [3.05, 3.63) is 66.2 Å². The summed E-state index contributed by atoms with van der Waals surface area (Å²) in [4.78, 5) is 38.0. The van der Waals surface area contributed by atoms with E-state index in [1.807, 2.05) is 0 Å². The van der Waals surface area contributed by atoms with Crippen molar-refractivity contribution in [3.8, 4) is 5.75 Å². The van der Waals surface area contributed by atoms with Crippen LogP contribution in [0.2, 0.25) is 0 Å². The number of para-hydroxylation sites is 1. The lowest BCUT2D eigenvalue weighted by molar-refractivity contribution is -0.140. The maximum atomic E-state index is 12.5. The number of hydrogen-bond acceptors (Lipinski definition) is 4. The Bertz CT molecular complexity index is 810. The molecule has 0 bridgehead atoms. The minimum Gasteiger partial charge on any atom is -0.480 e. The number of carboxylic acid groups (broad SMARTS) is 1. The van der Waals surface area contributed by atoms with Crippen LogP contribution in [0.15, 0.2) is 60.7 Å². The zero-order valence-electron chi connectivity index (χ0n) is 14.6. The van der Waals surface area contributed by atoms with Crippen molar-refractivity contribution in [2.24, 2.45) is 0 Å². The quantitative estimate of drug-likeness (QED) is 0.845. The largest absolute Gasteiger partial charge is 0.480 e. The predicted molar refractivity (Wildman–Crippen MR) is 97.5 cm³/mol. The van der Waals surface area contributed by atoms with Crippen molar-refractivity contribution in [1.82, 2.24) is 10.2 Å². The van der Waals surface area contributed by atoms with Gasteiger partial charge in [0.1, 0.15) is 11.8 Å². The van der Waals surface area contributed by atoms with Crippen LogP contribution >= 0.6 is 0 Å². The zero-order valence-corrected chi connectivity index (χ0v) is 14.6. The minimum absolute atomic E-state index is 0.361. The van der Waals surface area contributed by atoms with E-state index < -0.39 is 30.1 Å². The summed E-state index contributed by atoms with van der Waals surface area (Å²) in [5.74, 6) is -1.30. The molecule has 2 N–H and O–H groups in total.